The molecular weight excluding hydrogens is 300 g/mol. The molecule has 3 rings (SSSR count). The van der Waals surface area contributed by atoms with E-state index in [1.54, 1.807) is 0 Å². The first kappa shape index (κ1) is 15.4. The van der Waals surface area contributed by atoms with Crippen molar-refractivity contribution < 1.29 is 0 Å². The average Bonchev–Trinajstić information content (AvgIpc) is 2.76. The van der Waals surface area contributed by atoms with E-state index in [0.29, 0.717) is 22.4 Å². The van der Waals surface area contributed by atoms with Crippen molar-refractivity contribution in [3.8, 4) is 0 Å². The van der Waals surface area contributed by atoms with Gasteiger partial charge in [-0.25, -0.2) is 4.98 Å². The molecular formula is C15H24N4S2. The van der Waals surface area contributed by atoms with Crippen LogP contribution in [0.3, 0.4) is 0 Å². The Kier molecular flexibility index (Phi) is 5.27. The Morgan fingerprint density at radius 3 is 2.29 bits per heavy atom. The van der Waals surface area contributed by atoms with Gasteiger partial charge in [-0.15, -0.1) is 11.8 Å². The van der Waals surface area contributed by atoms with Crippen LogP contribution in [0.15, 0.2) is 0 Å². The highest BCUT2D eigenvalue weighted by molar-refractivity contribution is 8.06. The number of hydrogen-bond acceptors (Lipinski definition) is 6. The molecule has 1 saturated carbocycles. The summed E-state index contributed by atoms with van der Waals surface area (Å²) in [4.78, 5) is 13.7. The summed E-state index contributed by atoms with van der Waals surface area (Å²) in [6, 6.07) is 0. The standard InChI is InChI=1S/C15H24N4S2/c1-10-12(21-9-8-20-10)14-17-13(18-15(16)19-14)11-6-4-2-3-5-7-11/h10-12H,2-9H2,1H3,(H2,16,17,18,19). The Morgan fingerprint density at radius 2 is 1.57 bits per heavy atom. The maximum Gasteiger partial charge on any atom is 0.223 e. The van der Waals surface area contributed by atoms with Gasteiger partial charge in [0.15, 0.2) is 0 Å². The Balaban J connectivity index is 1.84. The van der Waals surface area contributed by atoms with Crippen LogP contribution in [0.4, 0.5) is 5.95 Å². The molecule has 2 atom stereocenters. The number of thioether (sulfide) groups is 2. The lowest BCUT2D eigenvalue weighted by Gasteiger charge is -2.27. The first-order valence-corrected chi connectivity index (χ1v) is 10.1. The van der Waals surface area contributed by atoms with E-state index in [4.69, 9.17) is 10.7 Å². The van der Waals surface area contributed by atoms with Crippen molar-refractivity contribution in [2.45, 2.75) is 61.9 Å². The number of hydrogen-bond donors (Lipinski definition) is 1. The summed E-state index contributed by atoms with van der Waals surface area (Å²) >= 11 is 3.97. The maximum absolute atomic E-state index is 5.98. The summed E-state index contributed by atoms with van der Waals surface area (Å²) in [6.45, 7) is 2.27. The van der Waals surface area contributed by atoms with Gasteiger partial charge in [-0.3, -0.25) is 0 Å². The number of rotatable bonds is 2. The fourth-order valence-corrected chi connectivity index (χ4v) is 5.88. The van der Waals surface area contributed by atoms with Crippen LogP contribution < -0.4 is 5.73 Å². The minimum atomic E-state index is 0.360. The van der Waals surface area contributed by atoms with E-state index in [-0.39, 0.29) is 0 Å². The molecule has 1 aliphatic heterocycles. The second-order valence-electron chi connectivity index (χ2n) is 5.97. The molecule has 2 unspecified atom stereocenters. The first-order chi connectivity index (χ1) is 10.2. The quantitative estimate of drug-likeness (QED) is 0.835. The van der Waals surface area contributed by atoms with Crippen LogP contribution in [0.5, 0.6) is 0 Å². The largest absolute Gasteiger partial charge is 0.368 e. The highest BCUT2D eigenvalue weighted by Gasteiger charge is 2.28. The van der Waals surface area contributed by atoms with E-state index in [1.165, 1.54) is 50.0 Å². The Hall–Kier alpha value is -0.490. The number of anilines is 1. The smallest absolute Gasteiger partial charge is 0.223 e. The summed E-state index contributed by atoms with van der Waals surface area (Å²) in [5.74, 6) is 5.13. The normalized spacial score (nSPS) is 28.2. The number of nitrogens with two attached hydrogens (primary N) is 1. The monoisotopic (exact) mass is 324 g/mol. The highest BCUT2D eigenvalue weighted by atomic mass is 32.2. The molecule has 2 heterocycles. The third-order valence-corrected chi connectivity index (χ3v) is 7.44. The van der Waals surface area contributed by atoms with Crippen LogP contribution in [0.1, 0.15) is 68.3 Å². The second-order valence-corrected chi connectivity index (χ2v) is 8.70. The molecule has 1 aromatic heterocycles. The zero-order chi connectivity index (χ0) is 14.7. The van der Waals surface area contributed by atoms with Gasteiger partial charge in [0.25, 0.3) is 0 Å². The number of nitrogens with zero attached hydrogens (tertiary/aromatic N) is 3. The van der Waals surface area contributed by atoms with Crippen LogP contribution in [0.2, 0.25) is 0 Å². The Morgan fingerprint density at radius 1 is 0.905 bits per heavy atom. The van der Waals surface area contributed by atoms with Crippen LogP contribution in [0.25, 0.3) is 0 Å². The topological polar surface area (TPSA) is 64.7 Å². The minimum absolute atomic E-state index is 0.360. The molecule has 21 heavy (non-hydrogen) atoms. The van der Waals surface area contributed by atoms with Gasteiger partial charge < -0.3 is 5.73 Å². The van der Waals surface area contributed by atoms with Crippen molar-refractivity contribution in [2.75, 3.05) is 17.2 Å². The van der Waals surface area contributed by atoms with E-state index in [0.717, 1.165) is 11.6 Å². The van der Waals surface area contributed by atoms with Gasteiger partial charge in [0.2, 0.25) is 5.95 Å². The molecule has 1 saturated heterocycles. The summed E-state index contributed by atoms with van der Waals surface area (Å²) in [6.07, 6.45) is 7.66. The maximum atomic E-state index is 5.98. The lowest BCUT2D eigenvalue weighted by Crippen LogP contribution is -2.20. The summed E-state index contributed by atoms with van der Waals surface area (Å²) < 4.78 is 0. The molecule has 2 N–H and O–H groups in total. The van der Waals surface area contributed by atoms with Crippen LogP contribution in [-0.4, -0.2) is 31.7 Å². The average molecular weight is 325 g/mol. The molecule has 2 aliphatic rings. The summed E-state index contributed by atoms with van der Waals surface area (Å²) in [5.41, 5.74) is 5.98. The van der Waals surface area contributed by atoms with Gasteiger partial charge >= 0.3 is 0 Å². The third-order valence-electron chi connectivity index (χ3n) is 4.35. The predicted octanol–water partition coefficient (Wildman–Crippen LogP) is 3.80. The lowest BCUT2D eigenvalue weighted by atomic mass is 9.99. The van der Waals surface area contributed by atoms with Crippen LogP contribution in [0, 0.1) is 0 Å². The summed E-state index contributed by atoms with van der Waals surface area (Å²) in [5, 5.41) is 0.908. The van der Waals surface area contributed by atoms with Gasteiger partial charge in [0, 0.05) is 22.7 Å². The summed E-state index contributed by atoms with van der Waals surface area (Å²) in [7, 11) is 0. The van der Waals surface area contributed by atoms with Gasteiger partial charge in [0.05, 0.1) is 5.25 Å². The van der Waals surface area contributed by atoms with Crippen molar-refractivity contribution >= 4 is 29.5 Å². The van der Waals surface area contributed by atoms with Crippen LogP contribution >= 0.6 is 23.5 Å². The number of aromatic nitrogens is 3. The van der Waals surface area contributed by atoms with E-state index in [1.807, 2.05) is 23.5 Å². The first-order valence-electron chi connectivity index (χ1n) is 7.98. The second kappa shape index (κ2) is 7.18. The zero-order valence-electron chi connectivity index (χ0n) is 12.6. The molecule has 4 nitrogen and oxygen atoms in total. The van der Waals surface area contributed by atoms with Gasteiger partial charge in [-0.1, -0.05) is 32.6 Å². The van der Waals surface area contributed by atoms with E-state index >= 15 is 0 Å². The van der Waals surface area contributed by atoms with Crippen molar-refractivity contribution in [3.63, 3.8) is 0 Å². The third kappa shape index (κ3) is 3.83. The molecule has 2 fully saturated rings. The van der Waals surface area contributed by atoms with Crippen LogP contribution in [-0.2, 0) is 0 Å². The fraction of sp³-hybridized carbons (Fsp3) is 0.800. The Labute approximate surface area is 135 Å². The van der Waals surface area contributed by atoms with Crippen molar-refractivity contribution in [3.05, 3.63) is 11.6 Å². The molecule has 0 aromatic carbocycles. The van der Waals surface area contributed by atoms with Gasteiger partial charge in [-0.05, 0) is 12.8 Å². The van der Waals surface area contributed by atoms with Crippen molar-refractivity contribution in [1.29, 1.82) is 0 Å². The molecule has 0 bridgehead atoms. The molecule has 0 amide bonds. The van der Waals surface area contributed by atoms with Gasteiger partial charge in [-0.2, -0.15) is 21.7 Å². The van der Waals surface area contributed by atoms with E-state index < -0.39 is 0 Å². The molecule has 116 valence electrons. The zero-order valence-corrected chi connectivity index (χ0v) is 14.3. The predicted molar refractivity (Wildman–Crippen MR) is 91.8 cm³/mol. The SMILES string of the molecule is CC1SCCSC1c1nc(N)nc(C2CCCCCC2)n1. The Bertz CT molecular complexity index is 475. The molecule has 1 aromatic rings. The van der Waals surface area contributed by atoms with Crippen molar-refractivity contribution in [1.82, 2.24) is 15.0 Å². The number of nitrogen functional groups attached to an aromatic ring is 1. The van der Waals surface area contributed by atoms with Gasteiger partial charge in [0.1, 0.15) is 11.6 Å². The molecule has 0 spiro atoms. The lowest BCUT2D eigenvalue weighted by molar-refractivity contribution is 0.553. The van der Waals surface area contributed by atoms with Crippen molar-refractivity contribution in [2.24, 2.45) is 0 Å². The molecule has 0 radical (unpaired) electrons. The minimum Gasteiger partial charge on any atom is -0.368 e. The highest BCUT2D eigenvalue weighted by Crippen LogP contribution is 2.41. The fourth-order valence-electron chi connectivity index (χ4n) is 3.19. The van der Waals surface area contributed by atoms with E-state index in [9.17, 15) is 0 Å². The van der Waals surface area contributed by atoms with E-state index in [2.05, 4.69) is 16.9 Å². The molecule has 6 heteroatoms. The molecule has 1 aliphatic carbocycles.